The number of nitrogens with one attached hydrogen (secondary N) is 2. The molecule has 0 amide bonds. The van der Waals surface area contributed by atoms with Gasteiger partial charge in [0.2, 0.25) is 5.95 Å². The highest BCUT2D eigenvalue weighted by Gasteiger charge is 2.14. The van der Waals surface area contributed by atoms with Crippen molar-refractivity contribution in [3.8, 4) is 0 Å². The first-order valence-corrected chi connectivity index (χ1v) is 8.93. The number of ether oxygens (including phenoxy) is 2. The molecule has 0 bridgehead atoms. The predicted molar refractivity (Wildman–Crippen MR) is 109 cm³/mol. The molecule has 0 atom stereocenters. The standard InChI is InChI=1S/C21H20N4O4/c1-3-29-20(27)15-9-5-7-11-17(15)24-21-22-13-12-18(25-21)23-16-10-6-4-8-14(16)19(26)28-2/h4-13H,3H2,1-2H3,(H2,22,23,24,25). The van der Waals surface area contributed by atoms with Gasteiger partial charge in [0, 0.05) is 6.20 Å². The summed E-state index contributed by atoms with van der Waals surface area (Å²) in [7, 11) is 1.33. The average Bonchev–Trinajstić information content (AvgIpc) is 2.74. The first-order chi connectivity index (χ1) is 14.1. The van der Waals surface area contributed by atoms with E-state index in [1.807, 2.05) is 0 Å². The van der Waals surface area contributed by atoms with Gasteiger partial charge < -0.3 is 20.1 Å². The highest BCUT2D eigenvalue weighted by molar-refractivity contribution is 5.97. The molecule has 1 aromatic heterocycles. The number of nitrogens with zero attached hydrogens (tertiary/aromatic N) is 2. The summed E-state index contributed by atoms with van der Waals surface area (Å²) in [5.74, 6) is -0.143. The zero-order chi connectivity index (χ0) is 20.6. The zero-order valence-corrected chi connectivity index (χ0v) is 16.0. The van der Waals surface area contributed by atoms with E-state index in [1.165, 1.54) is 7.11 Å². The van der Waals surface area contributed by atoms with Gasteiger partial charge in [0.25, 0.3) is 0 Å². The van der Waals surface area contributed by atoms with Crippen molar-refractivity contribution in [1.29, 1.82) is 0 Å². The second-order valence-electron chi connectivity index (χ2n) is 5.82. The quantitative estimate of drug-likeness (QED) is 0.583. The fourth-order valence-electron chi connectivity index (χ4n) is 2.61. The topological polar surface area (TPSA) is 102 Å². The number of rotatable bonds is 7. The maximum atomic E-state index is 12.1. The van der Waals surface area contributed by atoms with E-state index in [0.717, 1.165) is 0 Å². The fourth-order valence-corrected chi connectivity index (χ4v) is 2.61. The summed E-state index contributed by atoms with van der Waals surface area (Å²) < 4.78 is 9.88. The number of para-hydroxylation sites is 2. The lowest BCUT2D eigenvalue weighted by atomic mass is 10.2. The molecular weight excluding hydrogens is 372 g/mol. The molecule has 29 heavy (non-hydrogen) atoms. The highest BCUT2D eigenvalue weighted by atomic mass is 16.5. The molecule has 0 aliphatic carbocycles. The van der Waals surface area contributed by atoms with Gasteiger partial charge in [0.05, 0.1) is 36.2 Å². The lowest BCUT2D eigenvalue weighted by Gasteiger charge is -2.12. The molecule has 0 saturated heterocycles. The second kappa shape index (κ2) is 9.32. The fraction of sp³-hybridized carbons (Fsp3) is 0.143. The van der Waals surface area contributed by atoms with Crippen LogP contribution in [-0.2, 0) is 9.47 Å². The van der Waals surface area contributed by atoms with Crippen LogP contribution in [0.5, 0.6) is 0 Å². The Morgan fingerprint density at radius 3 is 2.17 bits per heavy atom. The molecule has 0 radical (unpaired) electrons. The van der Waals surface area contributed by atoms with Gasteiger partial charge in [-0.2, -0.15) is 4.98 Å². The smallest absolute Gasteiger partial charge is 0.340 e. The minimum absolute atomic E-state index is 0.280. The zero-order valence-electron chi connectivity index (χ0n) is 16.0. The summed E-state index contributed by atoms with van der Waals surface area (Å²) in [6, 6.07) is 15.6. The molecule has 8 nitrogen and oxygen atoms in total. The summed E-state index contributed by atoms with van der Waals surface area (Å²) in [6.45, 7) is 2.03. The number of methoxy groups -OCH3 is 1. The Morgan fingerprint density at radius 2 is 1.52 bits per heavy atom. The van der Waals surface area contributed by atoms with Crippen LogP contribution in [0.15, 0.2) is 60.8 Å². The van der Waals surface area contributed by atoms with Gasteiger partial charge in [-0.1, -0.05) is 24.3 Å². The van der Waals surface area contributed by atoms with Gasteiger partial charge in [-0.15, -0.1) is 0 Å². The molecule has 0 saturated carbocycles. The van der Waals surface area contributed by atoms with Crippen molar-refractivity contribution < 1.29 is 19.1 Å². The van der Waals surface area contributed by atoms with E-state index < -0.39 is 11.9 Å². The van der Waals surface area contributed by atoms with E-state index in [-0.39, 0.29) is 12.6 Å². The Bertz CT molecular complexity index is 1020. The van der Waals surface area contributed by atoms with Crippen LogP contribution in [-0.4, -0.2) is 35.6 Å². The van der Waals surface area contributed by atoms with Gasteiger partial charge in [-0.3, -0.25) is 0 Å². The van der Waals surface area contributed by atoms with E-state index in [0.29, 0.717) is 28.3 Å². The SMILES string of the molecule is CCOC(=O)c1ccccc1Nc1nccc(Nc2ccccc2C(=O)OC)n1. The van der Waals surface area contributed by atoms with Crippen LogP contribution in [0.4, 0.5) is 23.1 Å². The lowest BCUT2D eigenvalue weighted by Crippen LogP contribution is -2.09. The molecule has 0 spiro atoms. The van der Waals surface area contributed by atoms with E-state index in [9.17, 15) is 9.59 Å². The Morgan fingerprint density at radius 1 is 0.897 bits per heavy atom. The maximum Gasteiger partial charge on any atom is 0.340 e. The van der Waals surface area contributed by atoms with Gasteiger partial charge in [0.1, 0.15) is 5.82 Å². The largest absolute Gasteiger partial charge is 0.465 e. The Kier molecular flexibility index (Phi) is 6.36. The number of benzene rings is 2. The molecular formula is C21H20N4O4. The van der Waals surface area contributed by atoms with Crippen molar-refractivity contribution in [3.63, 3.8) is 0 Å². The van der Waals surface area contributed by atoms with Crippen molar-refractivity contribution in [3.05, 3.63) is 71.9 Å². The normalized spacial score (nSPS) is 10.1. The van der Waals surface area contributed by atoms with Crippen LogP contribution >= 0.6 is 0 Å². The second-order valence-corrected chi connectivity index (χ2v) is 5.82. The maximum absolute atomic E-state index is 12.1. The summed E-state index contributed by atoms with van der Waals surface area (Å²) >= 11 is 0. The van der Waals surface area contributed by atoms with Crippen molar-refractivity contribution in [2.24, 2.45) is 0 Å². The molecule has 3 aromatic rings. The van der Waals surface area contributed by atoms with Gasteiger partial charge in [-0.25, -0.2) is 14.6 Å². The number of aromatic nitrogens is 2. The monoisotopic (exact) mass is 392 g/mol. The number of hydrogen-bond donors (Lipinski definition) is 2. The Labute approximate surface area is 167 Å². The molecule has 1 heterocycles. The minimum atomic E-state index is -0.455. The average molecular weight is 392 g/mol. The molecule has 0 unspecified atom stereocenters. The lowest BCUT2D eigenvalue weighted by molar-refractivity contribution is 0.0526. The number of hydrogen-bond acceptors (Lipinski definition) is 8. The molecule has 8 heteroatoms. The number of esters is 2. The van der Waals surface area contributed by atoms with E-state index in [2.05, 4.69) is 20.6 Å². The minimum Gasteiger partial charge on any atom is -0.465 e. The Hall–Kier alpha value is -3.94. The van der Waals surface area contributed by atoms with Crippen molar-refractivity contribution in [2.45, 2.75) is 6.92 Å². The molecule has 2 N–H and O–H groups in total. The van der Waals surface area contributed by atoms with E-state index >= 15 is 0 Å². The van der Waals surface area contributed by atoms with Crippen molar-refractivity contribution in [2.75, 3.05) is 24.4 Å². The number of carbonyl (C=O) groups is 2. The predicted octanol–water partition coefficient (Wildman–Crippen LogP) is 3.93. The summed E-state index contributed by atoms with van der Waals surface area (Å²) in [5.41, 5.74) is 1.84. The van der Waals surface area contributed by atoms with Gasteiger partial charge in [-0.05, 0) is 37.3 Å². The van der Waals surface area contributed by atoms with E-state index in [1.54, 1.807) is 67.7 Å². The summed E-state index contributed by atoms with van der Waals surface area (Å²) in [6.07, 6.45) is 1.56. The van der Waals surface area contributed by atoms with Crippen molar-refractivity contribution >= 4 is 35.1 Å². The molecule has 2 aromatic carbocycles. The van der Waals surface area contributed by atoms with Gasteiger partial charge >= 0.3 is 11.9 Å². The molecule has 0 aliphatic rings. The number of carbonyl (C=O) groups excluding carboxylic acids is 2. The first-order valence-electron chi connectivity index (χ1n) is 8.93. The third-order valence-corrected chi connectivity index (χ3v) is 3.92. The van der Waals surface area contributed by atoms with Crippen LogP contribution in [0.3, 0.4) is 0 Å². The third-order valence-electron chi connectivity index (χ3n) is 3.92. The molecule has 148 valence electrons. The van der Waals surface area contributed by atoms with Crippen molar-refractivity contribution in [1.82, 2.24) is 9.97 Å². The van der Waals surface area contributed by atoms with Crippen LogP contribution in [0, 0.1) is 0 Å². The molecule has 0 aliphatic heterocycles. The van der Waals surface area contributed by atoms with Crippen LogP contribution < -0.4 is 10.6 Å². The molecule has 0 fully saturated rings. The number of anilines is 4. The van der Waals surface area contributed by atoms with Crippen LogP contribution in [0.1, 0.15) is 27.6 Å². The molecule has 3 rings (SSSR count). The van der Waals surface area contributed by atoms with E-state index in [4.69, 9.17) is 9.47 Å². The Balaban J connectivity index is 1.84. The van der Waals surface area contributed by atoms with Crippen LogP contribution in [0.25, 0.3) is 0 Å². The third kappa shape index (κ3) is 4.86. The van der Waals surface area contributed by atoms with Crippen LogP contribution in [0.2, 0.25) is 0 Å². The summed E-state index contributed by atoms with van der Waals surface area (Å²) in [5, 5.41) is 6.12. The van der Waals surface area contributed by atoms with Gasteiger partial charge in [0.15, 0.2) is 0 Å². The highest BCUT2D eigenvalue weighted by Crippen LogP contribution is 2.23. The first kappa shape index (κ1) is 19.8. The summed E-state index contributed by atoms with van der Waals surface area (Å²) in [4.78, 5) is 32.7.